The molecule has 2 fully saturated rings. The Morgan fingerprint density at radius 3 is 1.42 bits per heavy atom. The van der Waals surface area contributed by atoms with Gasteiger partial charge in [0, 0.05) is 19.8 Å². The fourth-order valence-corrected chi connectivity index (χ4v) is 8.33. The zero-order valence-electron chi connectivity index (χ0n) is 34.2. The summed E-state index contributed by atoms with van der Waals surface area (Å²) in [5.74, 6) is -0.467. The zero-order valence-corrected chi connectivity index (χ0v) is 35.0. The van der Waals surface area contributed by atoms with E-state index in [-0.39, 0.29) is 37.8 Å². The van der Waals surface area contributed by atoms with Gasteiger partial charge < -0.3 is 42.6 Å². The molecule has 0 aliphatic carbocycles. The van der Waals surface area contributed by atoms with Crippen LogP contribution in [0.2, 0.25) is 0 Å². The minimum atomic E-state index is -1.17. The van der Waals surface area contributed by atoms with Gasteiger partial charge in [0.05, 0.1) is 45.7 Å². The summed E-state index contributed by atoms with van der Waals surface area (Å²) in [6, 6.07) is 39.2. The van der Waals surface area contributed by atoms with Crippen LogP contribution in [0.4, 0.5) is 0 Å². The summed E-state index contributed by atoms with van der Waals surface area (Å²) in [4.78, 5) is 25.6. The predicted molar refractivity (Wildman–Crippen MR) is 223 cm³/mol. The first-order valence-corrected chi connectivity index (χ1v) is 21.3. The van der Waals surface area contributed by atoms with Crippen molar-refractivity contribution in [3.63, 3.8) is 0 Å². The van der Waals surface area contributed by atoms with E-state index in [1.165, 1.54) is 13.8 Å². The van der Waals surface area contributed by atoms with Crippen LogP contribution < -0.4 is 0 Å². The van der Waals surface area contributed by atoms with Crippen molar-refractivity contribution in [3.8, 4) is 0 Å². The third kappa shape index (κ3) is 13.2. The molecule has 0 amide bonds. The Morgan fingerprint density at radius 2 is 0.966 bits per heavy atom. The molecule has 12 heteroatoms. The average Bonchev–Trinajstić information content (AvgIpc) is 3.24. The number of hydrogen-bond donors (Lipinski definition) is 0. The molecule has 2 aliphatic heterocycles. The number of carbonyl (C=O) groups is 2. The van der Waals surface area contributed by atoms with Gasteiger partial charge >= 0.3 is 11.9 Å². The quantitative estimate of drug-likeness (QED) is 0.0814. The Morgan fingerprint density at radius 1 is 0.542 bits per heavy atom. The number of ether oxygens (including phenoxy) is 9. The second-order valence-electron chi connectivity index (χ2n) is 14.7. The van der Waals surface area contributed by atoms with Crippen LogP contribution in [0.3, 0.4) is 0 Å². The van der Waals surface area contributed by atoms with E-state index < -0.39 is 61.0 Å². The topological polar surface area (TPSA) is 117 Å². The van der Waals surface area contributed by atoms with Crippen LogP contribution in [0.25, 0.3) is 0 Å². The van der Waals surface area contributed by atoms with E-state index in [4.69, 9.17) is 42.6 Å². The van der Waals surface area contributed by atoms with Gasteiger partial charge in [0.2, 0.25) is 0 Å². The molecule has 0 aromatic heterocycles. The lowest BCUT2D eigenvalue weighted by atomic mass is 9.92. The van der Waals surface area contributed by atoms with E-state index in [1.807, 2.05) is 121 Å². The highest BCUT2D eigenvalue weighted by Gasteiger charge is 2.54. The molecular weight excluding hydrogens is 773 g/mol. The van der Waals surface area contributed by atoms with Crippen LogP contribution in [-0.2, 0) is 78.6 Å². The predicted octanol–water partition coefficient (Wildman–Crippen LogP) is 7.68. The van der Waals surface area contributed by atoms with E-state index >= 15 is 0 Å². The van der Waals surface area contributed by atoms with Gasteiger partial charge in [-0.05, 0) is 28.0 Å². The lowest BCUT2D eigenvalue weighted by molar-refractivity contribution is -0.348. The Labute approximate surface area is 351 Å². The Bertz CT molecular complexity index is 1820. The number of hydrogen-bond acceptors (Lipinski definition) is 12. The van der Waals surface area contributed by atoms with E-state index in [2.05, 4.69) is 13.8 Å². The second kappa shape index (κ2) is 23.0. The molecule has 316 valence electrons. The van der Waals surface area contributed by atoms with Gasteiger partial charge in [-0.25, -0.2) is 0 Å². The highest BCUT2D eigenvalue weighted by atomic mass is 32.2. The van der Waals surface area contributed by atoms with Gasteiger partial charge in [-0.15, -0.1) is 11.8 Å². The van der Waals surface area contributed by atoms with Crippen molar-refractivity contribution in [1.29, 1.82) is 0 Å². The minimum Gasteiger partial charge on any atom is -0.456 e. The second-order valence-corrected chi connectivity index (χ2v) is 16.0. The first-order chi connectivity index (χ1) is 28.8. The highest BCUT2D eigenvalue weighted by molar-refractivity contribution is 7.99. The van der Waals surface area contributed by atoms with Crippen molar-refractivity contribution >= 4 is 23.7 Å². The normalized spacial score (nSPS) is 26.8. The van der Waals surface area contributed by atoms with Crippen LogP contribution >= 0.6 is 11.8 Å². The summed E-state index contributed by atoms with van der Waals surface area (Å²) in [5, 5.41) is 0. The van der Waals surface area contributed by atoms with Crippen LogP contribution in [0.15, 0.2) is 121 Å². The van der Waals surface area contributed by atoms with Crippen LogP contribution in [-0.4, -0.2) is 85.4 Å². The number of thioether (sulfide) groups is 1. The van der Waals surface area contributed by atoms with Gasteiger partial charge in [-0.3, -0.25) is 9.59 Å². The van der Waals surface area contributed by atoms with Gasteiger partial charge in [-0.1, -0.05) is 135 Å². The first-order valence-electron chi connectivity index (χ1n) is 20.3. The SMILES string of the molecule is CCSC1OC(COCc2ccccc2)[C@H](OC2OC(COCc3ccccc3)[C@H](OC(C)=O)[C@H](OC(C)=O)[C@H]2OCc2ccccc2)[C@H](OCc2ccccc2)[C@H]1C. The Kier molecular flexibility index (Phi) is 17.4. The maximum Gasteiger partial charge on any atom is 0.303 e. The molecule has 2 saturated heterocycles. The van der Waals surface area contributed by atoms with Gasteiger partial charge in [-0.2, -0.15) is 0 Å². The van der Waals surface area contributed by atoms with Crippen molar-refractivity contribution in [2.75, 3.05) is 19.0 Å². The summed E-state index contributed by atoms with van der Waals surface area (Å²) in [6.45, 7) is 8.07. The largest absolute Gasteiger partial charge is 0.456 e. The van der Waals surface area contributed by atoms with Crippen molar-refractivity contribution in [2.24, 2.45) is 5.92 Å². The average molecular weight is 829 g/mol. The molecule has 2 aliphatic rings. The van der Waals surface area contributed by atoms with Crippen molar-refractivity contribution in [1.82, 2.24) is 0 Å². The molecule has 4 aromatic carbocycles. The molecule has 4 unspecified atom stereocenters. The smallest absolute Gasteiger partial charge is 0.303 e. The van der Waals surface area contributed by atoms with Crippen molar-refractivity contribution < 1.29 is 52.2 Å². The number of benzene rings is 4. The summed E-state index contributed by atoms with van der Waals surface area (Å²) < 4.78 is 58.7. The number of esters is 2. The standard InChI is InChI=1S/C47H56O11S/c1-5-59-47-32(2)41(52-28-37-22-14-8-15-23-37)42(40(57-47)31-51-27-36-20-12-7-13-21-36)58-46-45(53-29-38-24-16-9-17-25-38)44(55-34(4)49)43(54-33(3)48)39(56-46)30-50-26-35-18-10-6-11-19-35/h6-25,32,39-47H,5,26-31H2,1-4H3/t32-,39?,40?,41-,42+,43+,44+,45-,46?,47?/m1/s1. The van der Waals surface area contributed by atoms with Gasteiger partial charge in [0.15, 0.2) is 18.5 Å². The van der Waals surface area contributed by atoms with E-state index in [0.717, 1.165) is 28.0 Å². The monoisotopic (exact) mass is 828 g/mol. The van der Waals surface area contributed by atoms with Gasteiger partial charge in [0.25, 0.3) is 0 Å². The fraction of sp³-hybridized carbons (Fsp3) is 0.447. The number of carbonyl (C=O) groups excluding carboxylic acids is 2. The molecular formula is C47H56O11S. The molecule has 0 radical (unpaired) electrons. The molecule has 59 heavy (non-hydrogen) atoms. The van der Waals surface area contributed by atoms with Crippen molar-refractivity contribution in [2.45, 2.75) is 109 Å². The third-order valence-electron chi connectivity index (χ3n) is 10.1. The lowest BCUT2D eigenvalue weighted by Crippen LogP contribution is -2.65. The summed E-state index contributed by atoms with van der Waals surface area (Å²) >= 11 is 1.70. The summed E-state index contributed by atoms with van der Waals surface area (Å²) in [7, 11) is 0. The van der Waals surface area contributed by atoms with Gasteiger partial charge in [0.1, 0.15) is 29.9 Å². The molecule has 2 heterocycles. The third-order valence-corrected chi connectivity index (χ3v) is 11.3. The van der Waals surface area contributed by atoms with Crippen LogP contribution in [0.5, 0.6) is 0 Å². The Balaban J connectivity index is 1.36. The lowest BCUT2D eigenvalue weighted by Gasteiger charge is -2.49. The maximum absolute atomic E-state index is 12.9. The molecule has 10 atom stereocenters. The molecule has 0 bridgehead atoms. The van der Waals surface area contributed by atoms with E-state index in [0.29, 0.717) is 13.2 Å². The molecule has 4 aromatic rings. The summed E-state index contributed by atoms with van der Waals surface area (Å²) in [5.41, 5.74) is 3.63. The Hall–Kier alpha value is -4.11. The molecule has 11 nitrogen and oxygen atoms in total. The number of rotatable bonds is 20. The molecule has 0 spiro atoms. The molecule has 0 saturated carbocycles. The van der Waals surface area contributed by atoms with E-state index in [9.17, 15) is 9.59 Å². The highest BCUT2D eigenvalue weighted by Crippen LogP contribution is 2.39. The molecule has 6 rings (SSSR count). The zero-order chi connectivity index (χ0) is 41.4. The molecule has 0 N–H and O–H groups in total. The minimum absolute atomic E-state index is 0.0137. The van der Waals surface area contributed by atoms with Crippen LogP contribution in [0.1, 0.15) is 49.9 Å². The van der Waals surface area contributed by atoms with E-state index in [1.54, 1.807) is 11.8 Å². The van der Waals surface area contributed by atoms with Crippen LogP contribution in [0, 0.1) is 5.92 Å². The fourth-order valence-electron chi connectivity index (χ4n) is 7.32. The maximum atomic E-state index is 12.9. The first kappa shape index (κ1) is 44.4. The van der Waals surface area contributed by atoms with Crippen molar-refractivity contribution in [3.05, 3.63) is 144 Å². The summed E-state index contributed by atoms with van der Waals surface area (Å²) in [6.07, 6.45) is -7.23.